The molecule has 5 heteroatoms. The number of ether oxygens (including phenoxy) is 3. The Hall–Kier alpha value is -3.26. The topological polar surface area (TPSA) is 68.5 Å². The van der Waals surface area contributed by atoms with Gasteiger partial charge < -0.3 is 14.2 Å². The van der Waals surface area contributed by atoms with E-state index in [2.05, 4.69) is 6.92 Å². The van der Waals surface area contributed by atoms with Crippen molar-refractivity contribution in [3.8, 4) is 23.3 Å². The smallest absolute Gasteiger partial charge is 0.354 e. The van der Waals surface area contributed by atoms with Crippen molar-refractivity contribution < 1.29 is 19.0 Å². The zero-order valence-electron chi connectivity index (χ0n) is 15.6. The summed E-state index contributed by atoms with van der Waals surface area (Å²) in [7, 11) is 0. The molecule has 0 aliphatic carbocycles. The summed E-state index contributed by atoms with van der Waals surface area (Å²) >= 11 is 0. The molecular formula is C22H23NO4. The maximum atomic E-state index is 12.4. The van der Waals surface area contributed by atoms with Gasteiger partial charge in [-0.05, 0) is 49.2 Å². The molecule has 0 unspecified atom stereocenters. The van der Waals surface area contributed by atoms with Crippen molar-refractivity contribution >= 4 is 12.0 Å². The molecule has 0 aliphatic rings. The van der Waals surface area contributed by atoms with E-state index in [1.165, 1.54) is 6.08 Å². The maximum absolute atomic E-state index is 12.4. The summed E-state index contributed by atoms with van der Waals surface area (Å²) in [5.41, 5.74) is 0.616. The van der Waals surface area contributed by atoms with Crippen molar-refractivity contribution in [3.63, 3.8) is 0 Å². The van der Waals surface area contributed by atoms with Crippen LogP contribution in [0.1, 0.15) is 32.3 Å². The normalized spacial score (nSPS) is 10.8. The molecule has 0 bridgehead atoms. The van der Waals surface area contributed by atoms with E-state index < -0.39 is 5.97 Å². The number of unbranched alkanes of at least 4 members (excludes halogenated alkanes) is 1. The number of nitriles is 1. The Morgan fingerprint density at radius 2 is 1.74 bits per heavy atom. The number of esters is 1. The molecule has 2 aromatic rings. The molecule has 0 N–H and O–H groups in total. The third-order valence-corrected chi connectivity index (χ3v) is 3.65. The molecule has 2 aromatic carbocycles. The van der Waals surface area contributed by atoms with Crippen molar-refractivity contribution in [1.29, 1.82) is 5.26 Å². The first-order valence-corrected chi connectivity index (χ1v) is 8.96. The van der Waals surface area contributed by atoms with Crippen LogP contribution in [0.4, 0.5) is 0 Å². The Bertz CT molecular complexity index is 819. The standard InChI is InChI=1S/C22H23NO4/c1-3-5-14-26-19-12-10-17(11-13-19)15-18(16-23)22(24)27-21-9-7-6-8-20(21)25-4-2/h6-13,15H,3-5,14H2,1-2H3/b18-15+. The molecule has 0 aromatic heterocycles. The SMILES string of the molecule is CCCCOc1ccc(/C=C(\C#N)C(=O)Oc2ccccc2OCC)cc1. The predicted molar refractivity (Wildman–Crippen MR) is 104 cm³/mol. The van der Waals surface area contributed by atoms with Gasteiger partial charge in [-0.3, -0.25) is 0 Å². The summed E-state index contributed by atoms with van der Waals surface area (Å²) in [6.07, 6.45) is 3.55. The van der Waals surface area contributed by atoms with Crippen molar-refractivity contribution in [1.82, 2.24) is 0 Å². The van der Waals surface area contributed by atoms with Crippen molar-refractivity contribution in [2.45, 2.75) is 26.7 Å². The summed E-state index contributed by atoms with van der Waals surface area (Å²) in [5, 5.41) is 9.33. The van der Waals surface area contributed by atoms with E-state index in [1.54, 1.807) is 36.4 Å². The number of hydrogen-bond acceptors (Lipinski definition) is 5. The maximum Gasteiger partial charge on any atom is 0.354 e. The van der Waals surface area contributed by atoms with Gasteiger partial charge in [0.25, 0.3) is 0 Å². The van der Waals surface area contributed by atoms with Crippen LogP contribution >= 0.6 is 0 Å². The van der Waals surface area contributed by atoms with Crippen LogP contribution in [0.15, 0.2) is 54.1 Å². The lowest BCUT2D eigenvalue weighted by atomic mass is 10.1. The number of carbonyl (C=O) groups excluding carboxylic acids is 1. The molecule has 0 fully saturated rings. The summed E-state index contributed by atoms with van der Waals surface area (Å²) in [6.45, 7) is 5.06. The predicted octanol–water partition coefficient (Wildman–Crippen LogP) is 4.78. The van der Waals surface area contributed by atoms with Gasteiger partial charge in [-0.15, -0.1) is 0 Å². The van der Waals surface area contributed by atoms with Gasteiger partial charge in [0.15, 0.2) is 11.5 Å². The van der Waals surface area contributed by atoms with Crippen LogP contribution in [-0.2, 0) is 4.79 Å². The van der Waals surface area contributed by atoms with Crippen LogP contribution in [0.3, 0.4) is 0 Å². The molecule has 0 amide bonds. The first-order valence-electron chi connectivity index (χ1n) is 8.96. The molecule has 2 rings (SSSR count). The molecule has 0 saturated carbocycles. The number of hydrogen-bond donors (Lipinski definition) is 0. The molecule has 27 heavy (non-hydrogen) atoms. The minimum Gasteiger partial charge on any atom is -0.494 e. The minimum absolute atomic E-state index is 0.0963. The second-order valence-corrected chi connectivity index (χ2v) is 5.71. The third kappa shape index (κ3) is 6.19. The Morgan fingerprint density at radius 3 is 2.37 bits per heavy atom. The number of nitrogens with zero attached hydrogens (tertiary/aromatic N) is 1. The van der Waals surface area contributed by atoms with Crippen molar-refractivity contribution in [2.24, 2.45) is 0 Å². The molecule has 5 nitrogen and oxygen atoms in total. The Morgan fingerprint density at radius 1 is 1.04 bits per heavy atom. The average Bonchev–Trinajstić information content (AvgIpc) is 2.69. The molecule has 0 atom stereocenters. The molecule has 0 aliphatic heterocycles. The Labute approximate surface area is 159 Å². The van der Waals surface area contributed by atoms with Gasteiger partial charge in [-0.25, -0.2) is 4.79 Å². The van der Waals surface area contributed by atoms with Gasteiger partial charge in [-0.1, -0.05) is 37.6 Å². The van der Waals surface area contributed by atoms with E-state index in [-0.39, 0.29) is 11.3 Å². The van der Waals surface area contributed by atoms with Gasteiger partial charge in [-0.2, -0.15) is 5.26 Å². The largest absolute Gasteiger partial charge is 0.494 e. The number of carbonyl (C=O) groups is 1. The highest BCUT2D eigenvalue weighted by molar-refractivity contribution is 5.99. The third-order valence-electron chi connectivity index (χ3n) is 3.65. The fraction of sp³-hybridized carbons (Fsp3) is 0.273. The van der Waals surface area contributed by atoms with Gasteiger partial charge in [0, 0.05) is 0 Å². The summed E-state index contributed by atoms with van der Waals surface area (Å²) in [5.74, 6) is 0.768. The monoisotopic (exact) mass is 365 g/mol. The molecule has 0 spiro atoms. The van der Waals surface area contributed by atoms with Crippen LogP contribution in [0.5, 0.6) is 17.2 Å². The Balaban J connectivity index is 2.09. The molecule has 0 saturated heterocycles. The van der Waals surface area contributed by atoms with Crippen LogP contribution in [-0.4, -0.2) is 19.2 Å². The summed E-state index contributed by atoms with van der Waals surface area (Å²) in [6, 6.07) is 16.0. The number of rotatable bonds is 9. The lowest BCUT2D eigenvalue weighted by Gasteiger charge is -2.09. The molecule has 0 heterocycles. The van der Waals surface area contributed by atoms with Gasteiger partial charge in [0.05, 0.1) is 13.2 Å². The fourth-order valence-electron chi connectivity index (χ4n) is 2.26. The highest BCUT2D eigenvalue weighted by Crippen LogP contribution is 2.27. The summed E-state index contributed by atoms with van der Waals surface area (Å²) in [4.78, 5) is 12.4. The first-order chi connectivity index (χ1) is 13.2. The molecule has 0 radical (unpaired) electrons. The average molecular weight is 365 g/mol. The van der Waals surface area contributed by atoms with Crippen LogP contribution in [0.2, 0.25) is 0 Å². The van der Waals surface area contributed by atoms with E-state index in [0.717, 1.165) is 18.6 Å². The van der Waals surface area contributed by atoms with Crippen LogP contribution in [0.25, 0.3) is 6.08 Å². The van der Waals surface area contributed by atoms with E-state index in [4.69, 9.17) is 14.2 Å². The quantitative estimate of drug-likeness (QED) is 0.210. The van der Waals surface area contributed by atoms with Gasteiger partial charge >= 0.3 is 5.97 Å². The first kappa shape index (κ1) is 20.1. The lowest BCUT2D eigenvalue weighted by molar-refractivity contribution is -0.129. The zero-order valence-corrected chi connectivity index (χ0v) is 15.6. The summed E-state index contributed by atoms with van der Waals surface area (Å²) < 4.78 is 16.4. The van der Waals surface area contributed by atoms with Crippen LogP contribution < -0.4 is 14.2 Å². The van der Waals surface area contributed by atoms with Gasteiger partial charge in [0.2, 0.25) is 0 Å². The second kappa shape index (κ2) is 10.7. The van der Waals surface area contributed by atoms with E-state index in [1.807, 2.05) is 25.1 Å². The Kier molecular flexibility index (Phi) is 7.92. The van der Waals surface area contributed by atoms with Crippen molar-refractivity contribution in [3.05, 3.63) is 59.7 Å². The highest BCUT2D eigenvalue weighted by Gasteiger charge is 2.15. The second-order valence-electron chi connectivity index (χ2n) is 5.71. The van der Waals surface area contributed by atoms with Gasteiger partial charge in [0.1, 0.15) is 17.4 Å². The molecule has 140 valence electrons. The number of benzene rings is 2. The van der Waals surface area contributed by atoms with Crippen molar-refractivity contribution in [2.75, 3.05) is 13.2 Å². The number of para-hydroxylation sites is 2. The molecular weight excluding hydrogens is 342 g/mol. The zero-order chi connectivity index (χ0) is 19.5. The van der Waals surface area contributed by atoms with E-state index in [9.17, 15) is 10.1 Å². The van der Waals surface area contributed by atoms with E-state index in [0.29, 0.717) is 24.5 Å². The minimum atomic E-state index is -0.729. The lowest BCUT2D eigenvalue weighted by Crippen LogP contribution is -2.11. The van der Waals surface area contributed by atoms with Crippen LogP contribution in [0, 0.1) is 11.3 Å². The fourth-order valence-corrected chi connectivity index (χ4v) is 2.26. The highest BCUT2D eigenvalue weighted by atomic mass is 16.6. The van der Waals surface area contributed by atoms with E-state index >= 15 is 0 Å².